The van der Waals surface area contributed by atoms with Crippen LogP contribution in [0.4, 0.5) is 4.79 Å². The number of rotatable bonds is 0. The molecule has 0 saturated carbocycles. The predicted octanol–water partition coefficient (Wildman–Crippen LogP) is 0.861. The van der Waals surface area contributed by atoms with Crippen molar-refractivity contribution in [1.29, 1.82) is 0 Å². The fourth-order valence-corrected chi connectivity index (χ4v) is 2.39. The monoisotopic (exact) mass is 243 g/mol. The summed E-state index contributed by atoms with van der Waals surface area (Å²) in [6.45, 7) is 7.65. The number of hydrogen-bond donors (Lipinski definition) is 1. The number of carbonyl (C=O) groups excluding carboxylic acids is 1. The number of carbonyl (C=O) groups is 1. The van der Waals surface area contributed by atoms with Crippen molar-refractivity contribution in [3.05, 3.63) is 0 Å². The van der Waals surface area contributed by atoms with Crippen molar-refractivity contribution in [2.75, 3.05) is 26.3 Å². The van der Waals surface area contributed by atoms with Crippen LogP contribution < -0.4 is 0 Å². The highest BCUT2D eigenvalue weighted by Gasteiger charge is 2.41. The number of fused-ring (bicyclic) bond motifs is 2. The highest BCUT2D eigenvalue weighted by molar-refractivity contribution is 5.68. The molecule has 0 aromatic heterocycles. The average molecular weight is 243 g/mol. The van der Waals surface area contributed by atoms with Crippen LogP contribution in [-0.4, -0.2) is 54.1 Å². The van der Waals surface area contributed by atoms with Crippen molar-refractivity contribution in [3.63, 3.8) is 0 Å². The fourth-order valence-electron chi connectivity index (χ4n) is 2.39. The average Bonchev–Trinajstić information content (AvgIpc) is 2.13. The Morgan fingerprint density at radius 1 is 1.29 bits per heavy atom. The molecule has 2 aliphatic heterocycles. The Morgan fingerprint density at radius 3 is 2.29 bits per heavy atom. The Balaban J connectivity index is 1.97. The Bertz CT molecular complexity index is 285. The molecule has 2 saturated heterocycles. The van der Waals surface area contributed by atoms with Crippen LogP contribution in [0.2, 0.25) is 0 Å². The molecule has 5 heteroatoms. The van der Waals surface area contributed by atoms with Crippen LogP contribution >= 0.6 is 0 Å². The normalized spacial score (nSPS) is 33.4. The molecule has 0 radical (unpaired) electrons. The first-order chi connectivity index (χ1) is 7.87. The maximum Gasteiger partial charge on any atom is 0.410 e. The number of ether oxygens (including phenoxy) is 2. The number of hydrogen-bond acceptors (Lipinski definition) is 4. The number of piperidine rings is 1. The molecule has 0 aromatic carbocycles. The van der Waals surface area contributed by atoms with E-state index in [1.807, 2.05) is 20.8 Å². The minimum Gasteiger partial charge on any atom is -0.444 e. The molecule has 2 bridgehead atoms. The van der Waals surface area contributed by atoms with Crippen molar-refractivity contribution in [3.8, 4) is 0 Å². The molecule has 0 aromatic rings. The van der Waals surface area contributed by atoms with Crippen molar-refractivity contribution < 1.29 is 19.4 Å². The number of nitrogens with zero attached hydrogens (tertiary/aromatic N) is 1. The van der Waals surface area contributed by atoms with Gasteiger partial charge in [-0.2, -0.15) is 0 Å². The second-order valence-corrected chi connectivity index (χ2v) is 5.93. The number of amides is 1. The zero-order valence-electron chi connectivity index (χ0n) is 10.7. The first-order valence-corrected chi connectivity index (χ1v) is 6.10. The van der Waals surface area contributed by atoms with E-state index >= 15 is 0 Å². The van der Waals surface area contributed by atoms with E-state index in [1.165, 1.54) is 0 Å². The quantitative estimate of drug-likeness (QED) is 0.685. The van der Waals surface area contributed by atoms with Crippen molar-refractivity contribution >= 4 is 6.09 Å². The Morgan fingerprint density at radius 2 is 1.82 bits per heavy atom. The molecular formula is C12H21NO4. The van der Waals surface area contributed by atoms with Crippen molar-refractivity contribution in [1.82, 2.24) is 4.90 Å². The topological polar surface area (TPSA) is 59.0 Å². The third-order valence-corrected chi connectivity index (χ3v) is 3.19. The van der Waals surface area contributed by atoms with E-state index in [2.05, 4.69) is 0 Å². The van der Waals surface area contributed by atoms with Gasteiger partial charge in [0.15, 0.2) is 0 Å². The Labute approximate surface area is 102 Å². The highest BCUT2D eigenvalue weighted by Crippen LogP contribution is 2.28. The van der Waals surface area contributed by atoms with Gasteiger partial charge in [0.2, 0.25) is 0 Å². The molecule has 1 unspecified atom stereocenters. The molecule has 2 aliphatic rings. The van der Waals surface area contributed by atoms with Crippen LogP contribution in [0.25, 0.3) is 0 Å². The molecule has 0 aliphatic carbocycles. The summed E-state index contributed by atoms with van der Waals surface area (Å²) in [5.74, 6) is 0.0463. The summed E-state index contributed by atoms with van der Waals surface area (Å²) >= 11 is 0. The smallest absolute Gasteiger partial charge is 0.410 e. The lowest BCUT2D eigenvalue weighted by molar-refractivity contribution is -0.122. The molecule has 2 heterocycles. The summed E-state index contributed by atoms with van der Waals surface area (Å²) in [6, 6.07) is 0. The summed E-state index contributed by atoms with van der Waals surface area (Å²) in [6.07, 6.45) is -0.635. The molecule has 0 spiro atoms. The third kappa shape index (κ3) is 2.90. The molecule has 2 rings (SSSR count). The van der Waals surface area contributed by atoms with Crippen LogP contribution in [-0.2, 0) is 9.47 Å². The molecule has 1 N–H and O–H groups in total. The zero-order valence-corrected chi connectivity index (χ0v) is 10.7. The predicted molar refractivity (Wildman–Crippen MR) is 61.6 cm³/mol. The lowest BCUT2D eigenvalue weighted by Gasteiger charge is -2.44. The lowest BCUT2D eigenvalue weighted by Crippen LogP contribution is -2.57. The molecule has 3 atom stereocenters. The van der Waals surface area contributed by atoms with E-state index in [0.29, 0.717) is 26.3 Å². The minimum absolute atomic E-state index is 0.0232. The first kappa shape index (κ1) is 12.6. The summed E-state index contributed by atoms with van der Waals surface area (Å²) in [7, 11) is 0. The number of likely N-dealkylation sites (tertiary alicyclic amines) is 1. The van der Waals surface area contributed by atoms with Gasteiger partial charge in [0.1, 0.15) is 5.60 Å². The van der Waals surface area contributed by atoms with Gasteiger partial charge in [-0.05, 0) is 20.8 Å². The van der Waals surface area contributed by atoms with Gasteiger partial charge in [0, 0.05) is 24.9 Å². The van der Waals surface area contributed by atoms with Gasteiger partial charge >= 0.3 is 6.09 Å². The van der Waals surface area contributed by atoms with E-state index in [-0.39, 0.29) is 24.0 Å². The Hall–Kier alpha value is -0.810. The fraction of sp³-hybridized carbons (Fsp3) is 0.917. The SMILES string of the molecule is CC(C)(C)OC(=O)N1C[C@H]2COC[C@@H](C1)C2O. The van der Waals surface area contributed by atoms with Crippen LogP contribution in [0.5, 0.6) is 0 Å². The lowest BCUT2D eigenvalue weighted by atomic mass is 9.85. The molecule has 98 valence electrons. The zero-order chi connectivity index (χ0) is 12.6. The standard InChI is InChI=1S/C12H21NO4/c1-12(2,3)17-11(15)13-4-8-6-16-7-9(5-13)10(8)14/h8-10,14H,4-7H2,1-3H3/t8-,9+,10?. The largest absolute Gasteiger partial charge is 0.444 e. The van der Waals surface area contributed by atoms with E-state index in [4.69, 9.17) is 9.47 Å². The summed E-state index contributed by atoms with van der Waals surface area (Å²) in [5.41, 5.74) is -0.473. The molecular weight excluding hydrogens is 222 g/mol. The van der Waals surface area contributed by atoms with E-state index in [1.54, 1.807) is 4.90 Å². The summed E-state index contributed by atoms with van der Waals surface area (Å²) < 4.78 is 10.7. The second-order valence-electron chi connectivity index (χ2n) is 5.93. The summed E-state index contributed by atoms with van der Waals surface area (Å²) in [4.78, 5) is 13.6. The molecule has 5 nitrogen and oxygen atoms in total. The van der Waals surface area contributed by atoms with Crippen LogP contribution in [0, 0.1) is 11.8 Å². The molecule has 17 heavy (non-hydrogen) atoms. The highest BCUT2D eigenvalue weighted by atomic mass is 16.6. The van der Waals surface area contributed by atoms with Gasteiger partial charge in [-0.25, -0.2) is 4.79 Å². The van der Waals surface area contributed by atoms with Gasteiger partial charge in [0.05, 0.1) is 19.3 Å². The van der Waals surface area contributed by atoms with Gasteiger partial charge in [-0.3, -0.25) is 0 Å². The van der Waals surface area contributed by atoms with Gasteiger partial charge in [-0.1, -0.05) is 0 Å². The van der Waals surface area contributed by atoms with Crippen LogP contribution in [0.3, 0.4) is 0 Å². The van der Waals surface area contributed by atoms with Crippen molar-refractivity contribution in [2.24, 2.45) is 11.8 Å². The van der Waals surface area contributed by atoms with E-state index in [0.717, 1.165) is 0 Å². The number of aliphatic hydroxyl groups is 1. The Kier molecular flexibility index (Phi) is 3.32. The molecule has 2 fully saturated rings. The van der Waals surface area contributed by atoms with E-state index < -0.39 is 5.60 Å². The van der Waals surface area contributed by atoms with Gasteiger partial charge < -0.3 is 19.5 Å². The maximum atomic E-state index is 11.9. The minimum atomic E-state index is -0.473. The second kappa shape index (κ2) is 4.46. The number of aliphatic hydroxyl groups excluding tert-OH is 1. The first-order valence-electron chi connectivity index (χ1n) is 6.10. The third-order valence-electron chi connectivity index (χ3n) is 3.19. The van der Waals surface area contributed by atoms with Crippen LogP contribution in [0.1, 0.15) is 20.8 Å². The van der Waals surface area contributed by atoms with Gasteiger partial charge in [0.25, 0.3) is 0 Å². The summed E-state index contributed by atoms with van der Waals surface area (Å²) in [5, 5.41) is 9.96. The molecule has 1 amide bonds. The van der Waals surface area contributed by atoms with Gasteiger partial charge in [-0.15, -0.1) is 0 Å². The van der Waals surface area contributed by atoms with Crippen molar-refractivity contribution in [2.45, 2.75) is 32.5 Å². The van der Waals surface area contributed by atoms with E-state index in [9.17, 15) is 9.90 Å². The maximum absolute atomic E-state index is 11.9. The van der Waals surface area contributed by atoms with Crippen LogP contribution in [0.15, 0.2) is 0 Å².